The fourth-order valence-electron chi connectivity index (χ4n) is 5.05. The van der Waals surface area contributed by atoms with Crippen LogP contribution in [0.2, 0.25) is 0 Å². The van der Waals surface area contributed by atoms with Gasteiger partial charge < -0.3 is 15.4 Å². The number of aromatic nitrogens is 2. The Morgan fingerprint density at radius 1 is 1.11 bits per heavy atom. The first kappa shape index (κ1) is 27.8. The van der Waals surface area contributed by atoms with E-state index in [1.807, 2.05) is 21.0 Å². The molecule has 0 atom stereocenters. The van der Waals surface area contributed by atoms with Gasteiger partial charge >= 0.3 is 12.1 Å². The summed E-state index contributed by atoms with van der Waals surface area (Å²) in [6.07, 6.45) is -2.05. The van der Waals surface area contributed by atoms with E-state index in [0.29, 0.717) is 17.7 Å². The van der Waals surface area contributed by atoms with Crippen LogP contribution in [0, 0.1) is 6.92 Å². The number of carbonyl (C=O) groups excluding carboxylic acids is 2. The van der Waals surface area contributed by atoms with Crippen molar-refractivity contribution < 1.29 is 27.5 Å². The smallest absolute Gasteiger partial charge is 0.433 e. The van der Waals surface area contributed by atoms with Gasteiger partial charge in [-0.25, -0.2) is 4.79 Å². The van der Waals surface area contributed by atoms with Crippen LogP contribution in [-0.2, 0) is 29.2 Å². The molecule has 1 saturated carbocycles. The lowest BCUT2D eigenvalue weighted by molar-refractivity contribution is -0.144. The summed E-state index contributed by atoms with van der Waals surface area (Å²) in [5, 5.41) is 3.93. The number of amides is 1. The van der Waals surface area contributed by atoms with Gasteiger partial charge in [-0.1, -0.05) is 29.8 Å². The fraction of sp³-hybridized carbons (Fsp3) is 0.444. The average molecular weight is 549 g/mol. The molecule has 0 unspecified atom stereocenters. The second-order valence-corrected chi connectivity index (χ2v) is 11.3. The molecule has 2 aromatic heterocycles. The van der Waals surface area contributed by atoms with Gasteiger partial charge in [-0.15, -0.1) is 11.3 Å². The van der Waals surface area contributed by atoms with Gasteiger partial charge in [0.1, 0.15) is 16.3 Å². The van der Waals surface area contributed by atoms with E-state index in [-0.39, 0.29) is 29.0 Å². The van der Waals surface area contributed by atoms with Crippen LogP contribution >= 0.6 is 11.3 Å². The molecule has 4 rings (SSSR count). The van der Waals surface area contributed by atoms with Crippen LogP contribution in [0.25, 0.3) is 10.6 Å². The van der Waals surface area contributed by atoms with Gasteiger partial charge in [-0.3, -0.25) is 9.48 Å². The molecule has 7 nitrogen and oxygen atoms in total. The van der Waals surface area contributed by atoms with Gasteiger partial charge in [-0.05, 0) is 76.9 Å². The van der Waals surface area contributed by atoms with Gasteiger partial charge in [0.25, 0.3) is 5.91 Å². The standard InChI is InChI=1S/C27H31F3N4O3S/c1-17-5-7-18(8-6-17)16-25(33(2)3)11-13-26(14-12-25,24(31)36)37-23(35)21-10-9-20(38-21)19-15-22(27(28,29)30)34(4)32-19/h5-10,15H,11-14,16H2,1-4H3,(H2,31,36). The number of benzene rings is 1. The number of halogens is 3. The summed E-state index contributed by atoms with van der Waals surface area (Å²) in [5.41, 5.74) is 5.65. The summed E-state index contributed by atoms with van der Waals surface area (Å²) < 4.78 is 46.0. The van der Waals surface area contributed by atoms with Crippen molar-refractivity contribution in [2.24, 2.45) is 12.8 Å². The number of aryl methyl sites for hydroxylation is 2. The number of ether oxygens (including phenoxy) is 1. The first-order valence-corrected chi connectivity index (χ1v) is 13.0. The second kappa shape index (κ2) is 10.2. The van der Waals surface area contributed by atoms with Crippen LogP contribution in [-0.4, -0.2) is 51.8 Å². The summed E-state index contributed by atoms with van der Waals surface area (Å²) in [4.78, 5) is 28.4. The summed E-state index contributed by atoms with van der Waals surface area (Å²) in [6, 6.07) is 12.3. The summed E-state index contributed by atoms with van der Waals surface area (Å²) in [5.74, 6) is -1.44. The van der Waals surface area contributed by atoms with Crippen LogP contribution in [0.1, 0.15) is 52.2 Å². The Bertz CT molecular complexity index is 1320. The zero-order chi connectivity index (χ0) is 27.9. The number of rotatable bonds is 7. The van der Waals surface area contributed by atoms with E-state index in [4.69, 9.17) is 10.5 Å². The Morgan fingerprint density at radius 2 is 1.74 bits per heavy atom. The third-order valence-corrected chi connectivity index (χ3v) is 8.65. The minimum atomic E-state index is -4.55. The number of esters is 1. The molecule has 204 valence electrons. The summed E-state index contributed by atoms with van der Waals surface area (Å²) >= 11 is 0.955. The molecule has 1 amide bonds. The highest BCUT2D eigenvalue weighted by Crippen LogP contribution is 2.42. The van der Waals surface area contributed by atoms with E-state index < -0.39 is 29.3 Å². The minimum absolute atomic E-state index is 0.0954. The van der Waals surface area contributed by atoms with E-state index in [0.717, 1.165) is 28.5 Å². The molecule has 0 radical (unpaired) electrons. The van der Waals surface area contributed by atoms with Crippen molar-refractivity contribution in [3.05, 3.63) is 64.2 Å². The topological polar surface area (TPSA) is 90.4 Å². The van der Waals surface area contributed by atoms with Crippen molar-refractivity contribution in [1.29, 1.82) is 0 Å². The maximum Gasteiger partial charge on any atom is 0.433 e. The van der Waals surface area contributed by atoms with Crippen molar-refractivity contribution in [2.75, 3.05) is 14.1 Å². The zero-order valence-corrected chi connectivity index (χ0v) is 22.6. The summed E-state index contributed by atoms with van der Waals surface area (Å²) in [6.45, 7) is 2.04. The van der Waals surface area contributed by atoms with Gasteiger partial charge in [0, 0.05) is 12.6 Å². The van der Waals surface area contributed by atoms with Crippen molar-refractivity contribution in [3.8, 4) is 10.6 Å². The number of hydrogen-bond donors (Lipinski definition) is 1. The Balaban J connectivity index is 1.50. The summed E-state index contributed by atoms with van der Waals surface area (Å²) in [7, 11) is 5.22. The Morgan fingerprint density at radius 3 is 2.26 bits per heavy atom. The quantitative estimate of drug-likeness (QED) is 0.421. The second-order valence-electron chi connectivity index (χ2n) is 10.2. The number of likely N-dealkylation sites (N-methyl/N-ethyl adjacent to an activating group) is 1. The Labute approximate surface area is 223 Å². The SMILES string of the molecule is Cc1ccc(CC2(N(C)C)CCC(OC(=O)c3ccc(-c4cc(C(F)(F)F)n(C)n4)s3)(C(N)=O)CC2)cc1. The predicted molar refractivity (Wildman–Crippen MR) is 139 cm³/mol. The average Bonchev–Trinajstić information content (AvgIpc) is 3.48. The number of hydrogen-bond acceptors (Lipinski definition) is 6. The molecule has 2 N–H and O–H groups in total. The molecule has 0 bridgehead atoms. The largest absolute Gasteiger partial charge is 0.445 e. The van der Waals surface area contributed by atoms with E-state index in [1.165, 1.54) is 30.3 Å². The Kier molecular flexibility index (Phi) is 7.46. The molecule has 11 heteroatoms. The Hall–Kier alpha value is -3.18. The normalized spacial score (nSPS) is 22.0. The maximum absolute atomic E-state index is 13.2. The number of alkyl halides is 3. The molecule has 38 heavy (non-hydrogen) atoms. The van der Waals surface area contributed by atoms with Crippen LogP contribution < -0.4 is 5.73 Å². The van der Waals surface area contributed by atoms with Gasteiger partial charge in [0.15, 0.2) is 5.60 Å². The predicted octanol–water partition coefficient (Wildman–Crippen LogP) is 4.97. The highest BCUT2D eigenvalue weighted by atomic mass is 32.1. The lowest BCUT2D eigenvalue weighted by Gasteiger charge is -2.48. The lowest BCUT2D eigenvalue weighted by atomic mass is 9.70. The molecular weight excluding hydrogens is 517 g/mol. The van der Waals surface area contributed by atoms with E-state index >= 15 is 0 Å². The fourth-order valence-corrected chi connectivity index (χ4v) is 5.89. The van der Waals surface area contributed by atoms with E-state index in [1.54, 1.807) is 0 Å². The van der Waals surface area contributed by atoms with E-state index in [9.17, 15) is 22.8 Å². The monoisotopic (exact) mass is 548 g/mol. The molecule has 0 aliphatic heterocycles. The van der Waals surface area contributed by atoms with Gasteiger partial charge in [0.05, 0.1) is 4.88 Å². The van der Waals surface area contributed by atoms with Gasteiger partial charge in [-0.2, -0.15) is 18.3 Å². The van der Waals surface area contributed by atoms with Crippen molar-refractivity contribution in [2.45, 2.75) is 56.3 Å². The van der Waals surface area contributed by atoms with Crippen LogP contribution in [0.15, 0.2) is 42.5 Å². The van der Waals surface area contributed by atoms with Gasteiger partial charge in [0.2, 0.25) is 0 Å². The zero-order valence-electron chi connectivity index (χ0n) is 21.8. The molecule has 1 aliphatic rings. The van der Waals surface area contributed by atoms with Crippen molar-refractivity contribution >= 4 is 23.2 Å². The van der Waals surface area contributed by atoms with E-state index in [2.05, 4.69) is 34.3 Å². The third-order valence-electron chi connectivity index (χ3n) is 7.56. The number of nitrogens with two attached hydrogens (primary N) is 1. The number of primary amides is 1. The molecule has 1 aliphatic carbocycles. The highest BCUT2D eigenvalue weighted by molar-refractivity contribution is 7.17. The molecular formula is C27H31F3N4O3S. The molecule has 0 saturated heterocycles. The molecule has 0 spiro atoms. The van der Waals surface area contributed by atoms with Crippen LogP contribution in [0.5, 0.6) is 0 Å². The lowest BCUT2D eigenvalue weighted by Crippen LogP contribution is -2.57. The van der Waals surface area contributed by atoms with Crippen molar-refractivity contribution in [1.82, 2.24) is 14.7 Å². The maximum atomic E-state index is 13.2. The highest BCUT2D eigenvalue weighted by Gasteiger charge is 2.50. The number of nitrogens with zero attached hydrogens (tertiary/aromatic N) is 3. The molecule has 2 heterocycles. The first-order chi connectivity index (χ1) is 17.7. The van der Waals surface area contributed by atoms with Crippen LogP contribution in [0.3, 0.4) is 0 Å². The van der Waals surface area contributed by atoms with Crippen molar-refractivity contribution in [3.63, 3.8) is 0 Å². The molecule has 3 aromatic rings. The minimum Gasteiger partial charge on any atom is -0.445 e. The number of thiophene rings is 1. The molecule has 1 aromatic carbocycles. The third kappa shape index (κ3) is 5.49. The number of carbonyl (C=O) groups is 2. The molecule has 1 fully saturated rings. The first-order valence-electron chi connectivity index (χ1n) is 12.2. The van der Waals surface area contributed by atoms with Crippen LogP contribution in [0.4, 0.5) is 13.2 Å².